The van der Waals surface area contributed by atoms with Crippen molar-refractivity contribution in [2.75, 3.05) is 5.73 Å². The Morgan fingerprint density at radius 3 is 2.81 bits per heavy atom. The van der Waals surface area contributed by atoms with E-state index in [0.29, 0.717) is 29.9 Å². The highest BCUT2D eigenvalue weighted by atomic mass is 16.2. The van der Waals surface area contributed by atoms with Crippen LogP contribution >= 0.6 is 0 Å². The monoisotopic (exact) mass is 277 g/mol. The largest absolute Gasteiger partial charge is 0.399 e. The van der Waals surface area contributed by atoms with Gasteiger partial charge in [-0.25, -0.2) is 0 Å². The van der Waals surface area contributed by atoms with Crippen LogP contribution in [0.1, 0.15) is 32.6 Å². The molecule has 0 unspecified atom stereocenters. The maximum Gasteiger partial charge on any atom is 0.254 e. The van der Waals surface area contributed by atoms with Crippen LogP contribution in [0.4, 0.5) is 5.69 Å². The molecule has 21 heavy (non-hydrogen) atoms. The number of carbonyl (C=O) groups excluding carboxylic acids is 1. The number of nitrogens with zero attached hydrogens (tertiary/aromatic N) is 2. The van der Waals surface area contributed by atoms with Gasteiger partial charge >= 0.3 is 0 Å². The van der Waals surface area contributed by atoms with Crippen LogP contribution in [0.15, 0.2) is 36.4 Å². The normalized spacial score (nSPS) is 13.1. The van der Waals surface area contributed by atoms with E-state index in [9.17, 15) is 4.79 Å². The Morgan fingerprint density at radius 2 is 2.10 bits per heavy atom. The topological polar surface area (TPSA) is 70.1 Å². The van der Waals surface area contributed by atoms with E-state index >= 15 is 0 Å². The number of benzene rings is 2. The molecular weight excluding hydrogens is 262 g/mol. The van der Waals surface area contributed by atoms with Gasteiger partial charge in [-0.3, -0.25) is 4.79 Å². The number of nitrogen functional groups attached to an aromatic ring is 1. The van der Waals surface area contributed by atoms with Crippen molar-refractivity contribution in [2.45, 2.75) is 20.0 Å². The average Bonchev–Trinajstić information content (AvgIpc) is 2.78. The summed E-state index contributed by atoms with van der Waals surface area (Å²) in [5, 5.41) is 8.90. The maximum absolute atomic E-state index is 12.4. The van der Waals surface area contributed by atoms with Crippen molar-refractivity contribution in [3.8, 4) is 6.07 Å². The van der Waals surface area contributed by atoms with Crippen LogP contribution in [0.25, 0.3) is 0 Å². The number of hydrogen-bond donors (Lipinski definition) is 1. The molecule has 1 aliphatic heterocycles. The molecule has 0 aliphatic carbocycles. The van der Waals surface area contributed by atoms with Crippen molar-refractivity contribution in [1.29, 1.82) is 5.26 Å². The first-order valence-corrected chi connectivity index (χ1v) is 6.76. The van der Waals surface area contributed by atoms with E-state index in [4.69, 9.17) is 11.0 Å². The molecule has 3 rings (SSSR count). The number of nitrogens with two attached hydrogens (primary N) is 1. The Hall–Kier alpha value is -2.80. The molecule has 4 nitrogen and oxygen atoms in total. The van der Waals surface area contributed by atoms with Crippen molar-refractivity contribution in [3.63, 3.8) is 0 Å². The minimum atomic E-state index is 0.0149. The predicted molar refractivity (Wildman–Crippen MR) is 80.3 cm³/mol. The predicted octanol–water partition coefficient (Wildman–Crippen LogP) is 2.60. The molecule has 0 saturated carbocycles. The molecule has 2 aromatic rings. The molecule has 1 amide bonds. The van der Waals surface area contributed by atoms with E-state index in [1.54, 1.807) is 17.0 Å². The number of nitriles is 1. The first kappa shape index (κ1) is 13.2. The Bertz CT molecular complexity index is 774. The molecule has 0 fully saturated rings. The van der Waals surface area contributed by atoms with Gasteiger partial charge in [0.25, 0.3) is 5.91 Å². The number of fused-ring (bicyclic) bond motifs is 1. The van der Waals surface area contributed by atoms with E-state index in [1.807, 2.05) is 31.2 Å². The minimum Gasteiger partial charge on any atom is -0.399 e. The zero-order valence-corrected chi connectivity index (χ0v) is 11.8. The average molecular weight is 277 g/mol. The van der Waals surface area contributed by atoms with Crippen molar-refractivity contribution < 1.29 is 4.79 Å². The van der Waals surface area contributed by atoms with Gasteiger partial charge in [0, 0.05) is 24.3 Å². The third-order valence-corrected chi connectivity index (χ3v) is 3.85. The summed E-state index contributed by atoms with van der Waals surface area (Å²) in [4.78, 5) is 14.2. The number of anilines is 1. The first-order valence-electron chi connectivity index (χ1n) is 6.76. The summed E-state index contributed by atoms with van der Waals surface area (Å²) in [6.07, 6.45) is 0. The second-order valence-electron chi connectivity index (χ2n) is 5.33. The van der Waals surface area contributed by atoms with Gasteiger partial charge in [0.05, 0.1) is 11.6 Å². The van der Waals surface area contributed by atoms with Crippen LogP contribution in [0.3, 0.4) is 0 Å². The molecule has 0 aromatic heterocycles. The lowest BCUT2D eigenvalue weighted by Crippen LogP contribution is -2.23. The summed E-state index contributed by atoms with van der Waals surface area (Å²) >= 11 is 0. The molecule has 0 saturated heterocycles. The lowest BCUT2D eigenvalue weighted by Gasteiger charge is -2.17. The minimum absolute atomic E-state index is 0.0149. The van der Waals surface area contributed by atoms with Gasteiger partial charge < -0.3 is 10.6 Å². The summed E-state index contributed by atoms with van der Waals surface area (Å²) in [6, 6.07) is 13.1. The molecule has 1 heterocycles. The van der Waals surface area contributed by atoms with Gasteiger partial charge in [-0.15, -0.1) is 0 Å². The van der Waals surface area contributed by atoms with E-state index in [2.05, 4.69) is 6.07 Å². The van der Waals surface area contributed by atoms with Gasteiger partial charge in [-0.2, -0.15) is 5.26 Å². The number of carbonyl (C=O) groups is 1. The fourth-order valence-corrected chi connectivity index (χ4v) is 2.65. The number of rotatable bonds is 2. The zero-order valence-electron chi connectivity index (χ0n) is 11.8. The summed E-state index contributed by atoms with van der Waals surface area (Å²) in [5.74, 6) is 0.0149. The molecule has 1 aliphatic rings. The second-order valence-corrected chi connectivity index (χ2v) is 5.33. The van der Waals surface area contributed by atoms with E-state index < -0.39 is 0 Å². The van der Waals surface area contributed by atoms with Gasteiger partial charge in [0.15, 0.2) is 0 Å². The van der Waals surface area contributed by atoms with Crippen LogP contribution in [0.5, 0.6) is 0 Å². The Morgan fingerprint density at radius 1 is 1.29 bits per heavy atom. The molecule has 104 valence electrons. The standard InChI is InChI=1S/C17H15N3O/c1-11-6-12(8-18)2-3-13(11)9-20-10-14-4-5-15(19)7-16(14)17(20)21/h2-7H,9-10,19H2,1H3. The van der Waals surface area contributed by atoms with Gasteiger partial charge in [0.1, 0.15) is 0 Å². The Labute approximate surface area is 123 Å². The van der Waals surface area contributed by atoms with Crippen molar-refractivity contribution in [2.24, 2.45) is 0 Å². The van der Waals surface area contributed by atoms with Gasteiger partial charge in [0.2, 0.25) is 0 Å². The second kappa shape index (κ2) is 4.95. The molecule has 0 radical (unpaired) electrons. The van der Waals surface area contributed by atoms with Crippen molar-refractivity contribution in [1.82, 2.24) is 4.90 Å². The molecule has 0 atom stereocenters. The summed E-state index contributed by atoms with van der Waals surface area (Å²) in [7, 11) is 0. The third-order valence-electron chi connectivity index (χ3n) is 3.85. The quantitative estimate of drug-likeness (QED) is 0.858. The van der Waals surface area contributed by atoms with E-state index in [-0.39, 0.29) is 5.91 Å². The van der Waals surface area contributed by atoms with Gasteiger partial charge in [-0.1, -0.05) is 12.1 Å². The molecule has 4 heteroatoms. The summed E-state index contributed by atoms with van der Waals surface area (Å²) in [5.41, 5.74) is 10.8. The summed E-state index contributed by atoms with van der Waals surface area (Å²) in [6.45, 7) is 3.11. The molecule has 0 bridgehead atoms. The molecule has 2 N–H and O–H groups in total. The number of hydrogen-bond acceptors (Lipinski definition) is 3. The van der Waals surface area contributed by atoms with Crippen molar-refractivity contribution in [3.05, 3.63) is 64.2 Å². The number of aryl methyl sites for hydroxylation is 1. The highest BCUT2D eigenvalue weighted by Gasteiger charge is 2.27. The van der Waals surface area contributed by atoms with Crippen LogP contribution in [-0.4, -0.2) is 10.8 Å². The molecule has 2 aromatic carbocycles. The molecular formula is C17H15N3O. The van der Waals surface area contributed by atoms with E-state index in [0.717, 1.165) is 16.7 Å². The first-order chi connectivity index (χ1) is 10.1. The Kier molecular flexibility index (Phi) is 3.11. The lowest BCUT2D eigenvalue weighted by molar-refractivity contribution is 0.0766. The lowest BCUT2D eigenvalue weighted by atomic mass is 10.1. The highest BCUT2D eigenvalue weighted by Crippen LogP contribution is 2.26. The van der Waals surface area contributed by atoms with Crippen LogP contribution in [-0.2, 0) is 13.1 Å². The third kappa shape index (κ3) is 2.34. The van der Waals surface area contributed by atoms with Crippen LogP contribution < -0.4 is 5.73 Å². The van der Waals surface area contributed by atoms with Crippen LogP contribution in [0, 0.1) is 18.3 Å². The molecule has 0 spiro atoms. The van der Waals surface area contributed by atoms with E-state index in [1.165, 1.54) is 0 Å². The van der Waals surface area contributed by atoms with Gasteiger partial charge in [-0.05, 0) is 47.9 Å². The fraction of sp³-hybridized carbons (Fsp3) is 0.176. The number of amides is 1. The zero-order chi connectivity index (χ0) is 15.0. The summed E-state index contributed by atoms with van der Waals surface area (Å²) < 4.78 is 0. The van der Waals surface area contributed by atoms with Crippen LogP contribution in [0.2, 0.25) is 0 Å². The Balaban J connectivity index is 1.85. The smallest absolute Gasteiger partial charge is 0.254 e. The maximum atomic E-state index is 12.4. The fourth-order valence-electron chi connectivity index (χ4n) is 2.65. The SMILES string of the molecule is Cc1cc(C#N)ccc1CN1Cc2ccc(N)cc2C1=O. The van der Waals surface area contributed by atoms with Crippen molar-refractivity contribution >= 4 is 11.6 Å². The highest BCUT2D eigenvalue weighted by molar-refractivity contribution is 5.99.